The van der Waals surface area contributed by atoms with Crippen LogP contribution < -0.4 is 14.8 Å². The molecule has 0 saturated carbocycles. The van der Waals surface area contributed by atoms with Crippen LogP contribution in [0.1, 0.15) is 11.1 Å². The molecule has 4 heteroatoms. The SMILES string of the molecule is Cc1ccc(OCC(=O)Nc2ccc(OCc3ccccc3)cc2)cc1. The Morgan fingerprint density at radius 1 is 0.808 bits per heavy atom. The fourth-order valence-electron chi connectivity index (χ4n) is 2.36. The van der Waals surface area contributed by atoms with Crippen molar-refractivity contribution in [1.29, 1.82) is 0 Å². The van der Waals surface area contributed by atoms with E-state index in [2.05, 4.69) is 5.32 Å². The normalized spacial score (nSPS) is 10.2. The topological polar surface area (TPSA) is 47.6 Å². The Balaban J connectivity index is 1.45. The molecule has 0 spiro atoms. The summed E-state index contributed by atoms with van der Waals surface area (Å²) in [6.07, 6.45) is 0. The number of rotatable bonds is 7. The Bertz CT molecular complexity index is 828. The van der Waals surface area contributed by atoms with E-state index in [1.54, 1.807) is 0 Å². The largest absolute Gasteiger partial charge is 0.489 e. The van der Waals surface area contributed by atoms with Crippen LogP contribution in [-0.2, 0) is 11.4 Å². The molecule has 0 saturated heterocycles. The van der Waals surface area contributed by atoms with Crippen LogP contribution in [0.25, 0.3) is 0 Å². The molecule has 0 aromatic heterocycles. The van der Waals surface area contributed by atoms with Crippen LogP contribution in [0.4, 0.5) is 5.69 Å². The summed E-state index contributed by atoms with van der Waals surface area (Å²) in [5.41, 5.74) is 2.96. The summed E-state index contributed by atoms with van der Waals surface area (Å²) in [6.45, 7) is 2.48. The molecule has 3 rings (SSSR count). The van der Waals surface area contributed by atoms with Gasteiger partial charge in [-0.1, -0.05) is 48.0 Å². The molecule has 0 fully saturated rings. The van der Waals surface area contributed by atoms with Crippen LogP contribution in [0.15, 0.2) is 78.9 Å². The van der Waals surface area contributed by atoms with Crippen LogP contribution in [-0.4, -0.2) is 12.5 Å². The van der Waals surface area contributed by atoms with Crippen molar-refractivity contribution in [2.24, 2.45) is 0 Å². The Kier molecular flexibility index (Phi) is 5.88. The Hall–Kier alpha value is -3.27. The standard InChI is InChI=1S/C22H21NO3/c1-17-7-11-20(12-8-17)26-16-22(24)23-19-9-13-21(14-10-19)25-15-18-5-3-2-4-6-18/h2-14H,15-16H2,1H3,(H,23,24). The third-order valence-corrected chi connectivity index (χ3v) is 3.78. The van der Waals surface area contributed by atoms with E-state index in [0.29, 0.717) is 18.0 Å². The van der Waals surface area contributed by atoms with E-state index in [4.69, 9.17) is 9.47 Å². The first-order valence-electron chi connectivity index (χ1n) is 8.45. The first-order chi connectivity index (χ1) is 12.7. The van der Waals surface area contributed by atoms with Crippen LogP contribution in [0.3, 0.4) is 0 Å². The minimum absolute atomic E-state index is 0.0324. The van der Waals surface area contributed by atoms with Gasteiger partial charge in [0.25, 0.3) is 5.91 Å². The highest BCUT2D eigenvalue weighted by Crippen LogP contribution is 2.17. The Labute approximate surface area is 153 Å². The summed E-state index contributed by atoms with van der Waals surface area (Å²) >= 11 is 0. The highest BCUT2D eigenvalue weighted by atomic mass is 16.5. The van der Waals surface area contributed by atoms with Gasteiger partial charge in [0.15, 0.2) is 6.61 Å². The summed E-state index contributed by atoms with van der Waals surface area (Å²) in [4.78, 5) is 12.0. The molecular weight excluding hydrogens is 326 g/mol. The van der Waals surface area contributed by atoms with Gasteiger partial charge in [-0.15, -0.1) is 0 Å². The Morgan fingerprint density at radius 2 is 1.42 bits per heavy atom. The second-order valence-electron chi connectivity index (χ2n) is 5.95. The van der Waals surface area contributed by atoms with E-state index in [1.807, 2.05) is 85.8 Å². The molecule has 1 N–H and O–H groups in total. The molecule has 0 aliphatic heterocycles. The number of nitrogens with one attached hydrogen (secondary N) is 1. The number of carbonyl (C=O) groups is 1. The summed E-state index contributed by atoms with van der Waals surface area (Å²) in [6, 6.07) is 24.8. The zero-order chi connectivity index (χ0) is 18.2. The van der Waals surface area contributed by atoms with Gasteiger partial charge < -0.3 is 14.8 Å². The monoisotopic (exact) mass is 347 g/mol. The average molecular weight is 347 g/mol. The van der Waals surface area contributed by atoms with Gasteiger partial charge in [-0.05, 0) is 48.9 Å². The average Bonchev–Trinajstić information content (AvgIpc) is 2.68. The van der Waals surface area contributed by atoms with Gasteiger partial charge in [0, 0.05) is 5.69 Å². The van der Waals surface area contributed by atoms with E-state index in [0.717, 1.165) is 16.9 Å². The van der Waals surface area contributed by atoms with E-state index in [1.165, 1.54) is 0 Å². The van der Waals surface area contributed by atoms with Crippen molar-refractivity contribution in [2.75, 3.05) is 11.9 Å². The molecular formula is C22H21NO3. The van der Waals surface area contributed by atoms with E-state index in [9.17, 15) is 4.79 Å². The zero-order valence-corrected chi connectivity index (χ0v) is 14.6. The minimum atomic E-state index is -0.205. The van der Waals surface area contributed by atoms with E-state index >= 15 is 0 Å². The first kappa shape index (κ1) is 17.5. The van der Waals surface area contributed by atoms with Crippen LogP contribution >= 0.6 is 0 Å². The number of hydrogen-bond acceptors (Lipinski definition) is 3. The molecule has 0 radical (unpaired) electrons. The first-order valence-corrected chi connectivity index (χ1v) is 8.45. The molecule has 132 valence electrons. The molecule has 3 aromatic rings. The second kappa shape index (κ2) is 8.72. The van der Waals surface area contributed by atoms with Gasteiger partial charge in [-0.2, -0.15) is 0 Å². The number of carbonyl (C=O) groups excluding carboxylic acids is 1. The second-order valence-corrected chi connectivity index (χ2v) is 5.95. The van der Waals surface area contributed by atoms with Crippen molar-refractivity contribution >= 4 is 11.6 Å². The van der Waals surface area contributed by atoms with E-state index in [-0.39, 0.29) is 12.5 Å². The summed E-state index contributed by atoms with van der Waals surface area (Å²) < 4.78 is 11.2. The maximum Gasteiger partial charge on any atom is 0.262 e. The van der Waals surface area contributed by atoms with Crippen molar-refractivity contribution in [3.63, 3.8) is 0 Å². The molecule has 0 unspecified atom stereocenters. The lowest BCUT2D eigenvalue weighted by molar-refractivity contribution is -0.118. The van der Waals surface area contributed by atoms with Gasteiger partial charge in [-0.3, -0.25) is 4.79 Å². The molecule has 0 bridgehead atoms. The minimum Gasteiger partial charge on any atom is -0.489 e. The number of amides is 1. The molecule has 1 amide bonds. The van der Waals surface area contributed by atoms with Crippen LogP contribution in [0.5, 0.6) is 11.5 Å². The Morgan fingerprint density at radius 3 is 2.12 bits per heavy atom. The molecule has 0 atom stereocenters. The lowest BCUT2D eigenvalue weighted by Crippen LogP contribution is -2.20. The fourth-order valence-corrected chi connectivity index (χ4v) is 2.36. The zero-order valence-electron chi connectivity index (χ0n) is 14.6. The number of aryl methyl sites for hydroxylation is 1. The van der Waals surface area contributed by atoms with E-state index < -0.39 is 0 Å². The lowest BCUT2D eigenvalue weighted by Gasteiger charge is -2.09. The van der Waals surface area contributed by atoms with Crippen LogP contribution in [0, 0.1) is 6.92 Å². The van der Waals surface area contributed by atoms with Gasteiger partial charge in [0.2, 0.25) is 0 Å². The molecule has 26 heavy (non-hydrogen) atoms. The number of anilines is 1. The van der Waals surface area contributed by atoms with Gasteiger partial charge in [-0.25, -0.2) is 0 Å². The van der Waals surface area contributed by atoms with Crippen molar-refractivity contribution in [1.82, 2.24) is 0 Å². The molecule has 0 aliphatic rings. The van der Waals surface area contributed by atoms with Crippen molar-refractivity contribution in [3.05, 3.63) is 90.0 Å². The predicted octanol–water partition coefficient (Wildman–Crippen LogP) is 4.59. The quantitative estimate of drug-likeness (QED) is 0.680. The van der Waals surface area contributed by atoms with Gasteiger partial charge >= 0.3 is 0 Å². The summed E-state index contributed by atoms with van der Waals surface area (Å²) in [5.74, 6) is 1.22. The maximum atomic E-state index is 12.0. The number of benzene rings is 3. The maximum absolute atomic E-state index is 12.0. The lowest BCUT2D eigenvalue weighted by atomic mass is 10.2. The molecule has 0 heterocycles. The molecule has 3 aromatic carbocycles. The third kappa shape index (κ3) is 5.38. The highest BCUT2D eigenvalue weighted by Gasteiger charge is 2.04. The number of ether oxygens (including phenoxy) is 2. The predicted molar refractivity (Wildman–Crippen MR) is 103 cm³/mol. The van der Waals surface area contributed by atoms with Crippen molar-refractivity contribution in [2.45, 2.75) is 13.5 Å². The molecule has 4 nitrogen and oxygen atoms in total. The van der Waals surface area contributed by atoms with Gasteiger partial charge in [0.05, 0.1) is 0 Å². The summed E-state index contributed by atoms with van der Waals surface area (Å²) in [7, 11) is 0. The fraction of sp³-hybridized carbons (Fsp3) is 0.136. The number of hydrogen-bond donors (Lipinski definition) is 1. The molecule has 0 aliphatic carbocycles. The highest BCUT2D eigenvalue weighted by molar-refractivity contribution is 5.91. The summed E-state index contributed by atoms with van der Waals surface area (Å²) in [5, 5.41) is 2.81. The third-order valence-electron chi connectivity index (χ3n) is 3.78. The van der Waals surface area contributed by atoms with Crippen molar-refractivity contribution in [3.8, 4) is 11.5 Å². The van der Waals surface area contributed by atoms with Crippen molar-refractivity contribution < 1.29 is 14.3 Å². The van der Waals surface area contributed by atoms with Gasteiger partial charge in [0.1, 0.15) is 18.1 Å². The smallest absolute Gasteiger partial charge is 0.262 e. The van der Waals surface area contributed by atoms with Crippen LogP contribution in [0.2, 0.25) is 0 Å².